The Kier molecular flexibility index (Phi) is 4.85. The first-order valence-corrected chi connectivity index (χ1v) is 6.64. The number of hydrogen-bond donors (Lipinski definition) is 1. The van der Waals surface area contributed by atoms with Crippen molar-refractivity contribution in [3.63, 3.8) is 0 Å². The highest BCUT2D eigenvalue weighted by atomic mass is 35.5. The number of hydrogen-bond acceptors (Lipinski definition) is 2. The molecule has 0 atom stereocenters. The van der Waals surface area contributed by atoms with Gasteiger partial charge in [-0.3, -0.25) is 4.79 Å². The second kappa shape index (κ2) is 5.78. The molecule has 1 saturated heterocycles. The number of piperidine rings is 1. The minimum Gasteiger partial charge on any atom is -0.465 e. The molecular formula is C12H21ClN2O3. The summed E-state index contributed by atoms with van der Waals surface area (Å²) in [7, 11) is 1.78. The van der Waals surface area contributed by atoms with E-state index in [9.17, 15) is 9.59 Å². The summed E-state index contributed by atoms with van der Waals surface area (Å²) in [6.45, 7) is 4.62. The first-order chi connectivity index (χ1) is 8.29. The van der Waals surface area contributed by atoms with Crippen LogP contribution in [0.15, 0.2) is 0 Å². The summed E-state index contributed by atoms with van der Waals surface area (Å²) in [5.74, 6) is 0.302. The van der Waals surface area contributed by atoms with E-state index in [1.54, 1.807) is 11.9 Å². The molecule has 1 heterocycles. The molecule has 0 bridgehead atoms. The normalized spacial score (nSPS) is 17.7. The summed E-state index contributed by atoms with van der Waals surface area (Å²) in [4.78, 5) is 26.1. The van der Waals surface area contributed by atoms with E-state index in [0.29, 0.717) is 25.9 Å². The van der Waals surface area contributed by atoms with Gasteiger partial charge >= 0.3 is 6.09 Å². The molecule has 0 aromatic carbocycles. The van der Waals surface area contributed by atoms with E-state index in [1.807, 2.05) is 13.8 Å². The molecular weight excluding hydrogens is 256 g/mol. The van der Waals surface area contributed by atoms with Crippen molar-refractivity contribution >= 4 is 23.6 Å². The van der Waals surface area contributed by atoms with Gasteiger partial charge in [0.1, 0.15) is 0 Å². The van der Waals surface area contributed by atoms with Gasteiger partial charge in [0.25, 0.3) is 0 Å². The molecule has 0 aromatic heterocycles. The van der Waals surface area contributed by atoms with Crippen LogP contribution in [0.4, 0.5) is 4.79 Å². The third kappa shape index (κ3) is 3.28. The van der Waals surface area contributed by atoms with Gasteiger partial charge < -0.3 is 14.9 Å². The molecule has 2 amide bonds. The lowest BCUT2D eigenvalue weighted by atomic mass is 9.92. The Hall–Kier alpha value is -0.970. The molecule has 5 nitrogen and oxygen atoms in total. The van der Waals surface area contributed by atoms with Gasteiger partial charge in [0.05, 0.1) is 5.41 Å². The molecule has 0 aliphatic carbocycles. The Balaban J connectivity index is 2.57. The van der Waals surface area contributed by atoms with Crippen LogP contribution in [0.5, 0.6) is 0 Å². The molecule has 18 heavy (non-hydrogen) atoms. The Labute approximate surface area is 113 Å². The van der Waals surface area contributed by atoms with Crippen molar-refractivity contribution in [2.24, 2.45) is 5.41 Å². The Morgan fingerprint density at radius 1 is 1.39 bits per heavy atom. The number of carbonyl (C=O) groups is 2. The quantitative estimate of drug-likeness (QED) is 0.801. The fourth-order valence-electron chi connectivity index (χ4n) is 2.14. The lowest BCUT2D eigenvalue weighted by Crippen LogP contribution is -2.50. The number of rotatable bonds is 3. The van der Waals surface area contributed by atoms with E-state index in [2.05, 4.69) is 0 Å². The molecule has 1 aliphatic heterocycles. The topological polar surface area (TPSA) is 60.9 Å². The molecule has 1 rings (SSSR count). The average Bonchev–Trinajstić information content (AvgIpc) is 2.37. The molecule has 0 saturated carbocycles. The van der Waals surface area contributed by atoms with Crippen LogP contribution in [0.1, 0.15) is 26.7 Å². The highest BCUT2D eigenvalue weighted by Gasteiger charge is 2.34. The number of carbonyl (C=O) groups excluding carboxylic acids is 1. The van der Waals surface area contributed by atoms with Gasteiger partial charge in [-0.25, -0.2) is 4.79 Å². The zero-order valence-corrected chi connectivity index (χ0v) is 11.9. The van der Waals surface area contributed by atoms with E-state index in [0.717, 1.165) is 0 Å². The van der Waals surface area contributed by atoms with Crippen molar-refractivity contribution in [2.75, 3.05) is 26.0 Å². The minimum absolute atomic E-state index is 0.0197. The lowest BCUT2D eigenvalue weighted by molar-refractivity contribution is -0.140. The second-order valence-electron chi connectivity index (χ2n) is 5.43. The maximum Gasteiger partial charge on any atom is 0.407 e. The van der Waals surface area contributed by atoms with Crippen LogP contribution in [0, 0.1) is 5.41 Å². The van der Waals surface area contributed by atoms with Crippen LogP contribution >= 0.6 is 11.6 Å². The van der Waals surface area contributed by atoms with Crippen LogP contribution in [0.2, 0.25) is 0 Å². The molecule has 1 fully saturated rings. The monoisotopic (exact) mass is 276 g/mol. The van der Waals surface area contributed by atoms with Crippen LogP contribution < -0.4 is 0 Å². The zero-order chi connectivity index (χ0) is 13.9. The van der Waals surface area contributed by atoms with Gasteiger partial charge in [-0.15, -0.1) is 11.6 Å². The summed E-state index contributed by atoms with van der Waals surface area (Å²) >= 11 is 5.80. The van der Waals surface area contributed by atoms with Gasteiger partial charge in [0.15, 0.2) is 0 Å². The fourth-order valence-corrected chi connectivity index (χ4v) is 2.26. The van der Waals surface area contributed by atoms with Crippen molar-refractivity contribution in [3.8, 4) is 0 Å². The fraction of sp³-hybridized carbons (Fsp3) is 0.833. The largest absolute Gasteiger partial charge is 0.465 e. The van der Waals surface area contributed by atoms with E-state index >= 15 is 0 Å². The number of alkyl halides is 1. The molecule has 0 aromatic rings. The first kappa shape index (κ1) is 15.1. The summed E-state index contributed by atoms with van der Waals surface area (Å²) < 4.78 is 0. The molecule has 0 spiro atoms. The van der Waals surface area contributed by atoms with Crippen LogP contribution in [-0.4, -0.2) is 59.0 Å². The van der Waals surface area contributed by atoms with Crippen LogP contribution in [-0.2, 0) is 4.79 Å². The molecule has 6 heteroatoms. The summed E-state index contributed by atoms with van der Waals surface area (Å²) in [6.07, 6.45) is 0.489. The van der Waals surface area contributed by atoms with E-state index < -0.39 is 11.5 Å². The average molecular weight is 277 g/mol. The van der Waals surface area contributed by atoms with Gasteiger partial charge in [-0.1, -0.05) is 0 Å². The second-order valence-corrected chi connectivity index (χ2v) is 5.70. The SMILES string of the molecule is CN(C(=O)C(C)(C)CCl)C1CCN(C(=O)O)CC1. The molecule has 1 N–H and O–H groups in total. The van der Waals surface area contributed by atoms with Crippen molar-refractivity contribution in [2.45, 2.75) is 32.7 Å². The number of nitrogens with zero attached hydrogens (tertiary/aromatic N) is 2. The molecule has 0 unspecified atom stereocenters. The molecule has 104 valence electrons. The highest BCUT2D eigenvalue weighted by Crippen LogP contribution is 2.24. The van der Waals surface area contributed by atoms with Gasteiger partial charge in [-0.2, -0.15) is 0 Å². The maximum atomic E-state index is 12.2. The van der Waals surface area contributed by atoms with Gasteiger partial charge in [0.2, 0.25) is 5.91 Å². The van der Waals surface area contributed by atoms with Crippen LogP contribution in [0.25, 0.3) is 0 Å². The number of likely N-dealkylation sites (tertiary alicyclic amines) is 1. The number of carboxylic acid groups (broad SMARTS) is 1. The van der Waals surface area contributed by atoms with Gasteiger partial charge in [0, 0.05) is 32.1 Å². The predicted molar refractivity (Wildman–Crippen MR) is 69.9 cm³/mol. The van der Waals surface area contributed by atoms with Crippen molar-refractivity contribution in [1.29, 1.82) is 0 Å². The predicted octanol–water partition coefficient (Wildman–Crippen LogP) is 1.85. The lowest BCUT2D eigenvalue weighted by Gasteiger charge is -2.38. The number of halogens is 1. The third-order valence-corrected chi connectivity index (χ3v) is 4.18. The van der Waals surface area contributed by atoms with E-state index in [1.165, 1.54) is 4.90 Å². The van der Waals surface area contributed by atoms with Crippen molar-refractivity contribution in [3.05, 3.63) is 0 Å². The smallest absolute Gasteiger partial charge is 0.407 e. The summed E-state index contributed by atoms with van der Waals surface area (Å²) in [5, 5.41) is 8.87. The standard InChI is InChI=1S/C12H21ClN2O3/c1-12(2,8-13)10(16)14(3)9-4-6-15(7-5-9)11(17)18/h9H,4-8H2,1-3H3,(H,17,18). The number of amides is 2. The van der Waals surface area contributed by atoms with Gasteiger partial charge in [-0.05, 0) is 26.7 Å². The first-order valence-electron chi connectivity index (χ1n) is 6.10. The Morgan fingerprint density at radius 3 is 2.28 bits per heavy atom. The third-order valence-electron chi connectivity index (χ3n) is 3.52. The Morgan fingerprint density at radius 2 is 1.89 bits per heavy atom. The summed E-state index contributed by atoms with van der Waals surface area (Å²) in [5.41, 5.74) is -0.569. The zero-order valence-electron chi connectivity index (χ0n) is 11.1. The maximum absolute atomic E-state index is 12.2. The van der Waals surface area contributed by atoms with Crippen LogP contribution in [0.3, 0.4) is 0 Å². The van der Waals surface area contributed by atoms with E-state index in [-0.39, 0.29) is 17.8 Å². The minimum atomic E-state index is -0.886. The van der Waals surface area contributed by atoms with E-state index in [4.69, 9.17) is 16.7 Å². The Bertz CT molecular complexity index is 325. The highest BCUT2D eigenvalue weighted by molar-refractivity contribution is 6.19. The molecule has 0 radical (unpaired) electrons. The summed E-state index contributed by atoms with van der Waals surface area (Å²) in [6, 6.07) is 0.107. The van der Waals surface area contributed by atoms with Crippen molar-refractivity contribution < 1.29 is 14.7 Å². The molecule has 1 aliphatic rings. The van der Waals surface area contributed by atoms with Crippen molar-refractivity contribution in [1.82, 2.24) is 9.80 Å².